The summed E-state index contributed by atoms with van der Waals surface area (Å²) >= 11 is 0.831. The van der Waals surface area contributed by atoms with E-state index in [9.17, 15) is 9.46 Å². The second kappa shape index (κ2) is 5.52. The van der Waals surface area contributed by atoms with E-state index in [0.717, 1.165) is 11.4 Å². The highest BCUT2D eigenvalue weighted by Crippen LogP contribution is 2.59. The van der Waals surface area contributed by atoms with Gasteiger partial charge < -0.3 is 4.89 Å². The summed E-state index contributed by atoms with van der Waals surface area (Å²) in [5.74, 6) is 0. The first-order valence-corrected chi connectivity index (χ1v) is 7.42. The summed E-state index contributed by atoms with van der Waals surface area (Å²) < 4.78 is 16.5. The van der Waals surface area contributed by atoms with E-state index in [1.54, 1.807) is 31.2 Å². The first kappa shape index (κ1) is 12.5. The van der Waals surface area contributed by atoms with Crippen molar-refractivity contribution in [3.8, 4) is 0 Å². The minimum atomic E-state index is -3.64. The number of hydrogen-bond acceptors (Lipinski definition) is 3. The van der Waals surface area contributed by atoms with Crippen LogP contribution < -0.4 is 0 Å². The van der Waals surface area contributed by atoms with Crippen molar-refractivity contribution in [2.24, 2.45) is 0 Å². The molecule has 0 saturated carbocycles. The highest BCUT2D eigenvalue weighted by Gasteiger charge is 2.23. The topological polar surface area (TPSA) is 46.5 Å². The van der Waals surface area contributed by atoms with Crippen molar-refractivity contribution < 1.29 is 14.0 Å². The molecule has 0 bridgehead atoms. The summed E-state index contributed by atoms with van der Waals surface area (Å²) in [6, 6.07) is 8.98. The predicted octanol–water partition coefficient (Wildman–Crippen LogP) is 3.47. The Morgan fingerprint density at radius 2 is 2.13 bits per heavy atom. The highest BCUT2D eigenvalue weighted by atomic mass is 32.7. The Kier molecular flexibility index (Phi) is 4.61. The molecular weight excluding hydrogens is 231 g/mol. The summed E-state index contributed by atoms with van der Waals surface area (Å²) in [5, 5.41) is 0. The van der Waals surface area contributed by atoms with E-state index in [2.05, 4.69) is 6.58 Å². The van der Waals surface area contributed by atoms with Gasteiger partial charge in [-0.2, -0.15) is 0 Å². The van der Waals surface area contributed by atoms with Gasteiger partial charge in [0, 0.05) is 4.90 Å². The van der Waals surface area contributed by atoms with Gasteiger partial charge in [0.1, 0.15) is 0 Å². The van der Waals surface area contributed by atoms with Crippen LogP contribution in [0.1, 0.15) is 6.92 Å². The molecule has 82 valence electrons. The van der Waals surface area contributed by atoms with Crippen molar-refractivity contribution in [1.82, 2.24) is 0 Å². The first-order valence-electron chi connectivity index (χ1n) is 4.42. The lowest BCUT2D eigenvalue weighted by Crippen LogP contribution is -1.99. The van der Waals surface area contributed by atoms with Crippen LogP contribution in [0.3, 0.4) is 0 Å². The van der Waals surface area contributed by atoms with Crippen LogP contribution in [0.5, 0.6) is 0 Å². The van der Waals surface area contributed by atoms with E-state index in [0.29, 0.717) is 4.90 Å². The van der Waals surface area contributed by atoms with Crippen molar-refractivity contribution in [2.45, 2.75) is 17.9 Å². The predicted molar refractivity (Wildman–Crippen MR) is 62.9 cm³/mol. The van der Waals surface area contributed by atoms with Crippen LogP contribution in [0.2, 0.25) is 0 Å². The van der Waals surface area contributed by atoms with Gasteiger partial charge in [-0.25, -0.2) is 4.57 Å². The monoisotopic (exact) mass is 244 g/mol. The van der Waals surface area contributed by atoms with Crippen molar-refractivity contribution in [3.63, 3.8) is 0 Å². The van der Waals surface area contributed by atoms with Crippen molar-refractivity contribution in [3.05, 3.63) is 43.0 Å². The molecule has 0 aromatic heterocycles. The zero-order valence-corrected chi connectivity index (χ0v) is 10.1. The van der Waals surface area contributed by atoms with E-state index in [4.69, 9.17) is 4.52 Å². The van der Waals surface area contributed by atoms with Gasteiger partial charge in [-0.15, -0.1) is 6.58 Å². The molecule has 15 heavy (non-hydrogen) atoms. The average molecular weight is 244 g/mol. The van der Waals surface area contributed by atoms with Crippen LogP contribution in [0.25, 0.3) is 0 Å². The highest BCUT2D eigenvalue weighted by molar-refractivity contribution is 8.54. The number of hydrogen-bond donors (Lipinski definition) is 1. The molecule has 0 radical (unpaired) electrons. The van der Waals surface area contributed by atoms with Gasteiger partial charge >= 0.3 is 6.80 Å². The Labute approximate surface area is 93.4 Å². The SMILES string of the molecule is C=CC(C)OP(=O)(O)Sc1ccccc1. The van der Waals surface area contributed by atoms with Crippen molar-refractivity contribution in [1.29, 1.82) is 0 Å². The van der Waals surface area contributed by atoms with E-state index in [1.807, 2.05) is 6.07 Å². The lowest BCUT2D eigenvalue weighted by molar-refractivity contribution is 0.240. The lowest BCUT2D eigenvalue weighted by atomic mass is 10.4. The van der Waals surface area contributed by atoms with E-state index in [-0.39, 0.29) is 0 Å². The summed E-state index contributed by atoms with van der Waals surface area (Å²) in [5.41, 5.74) is 0. The maximum Gasteiger partial charge on any atom is 0.391 e. The van der Waals surface area contributed by atoms with Crippen molar-refractivity contribution in [2.75, 3.05) is 0 Å². The maximum absolute atomic E-state index is 11.6. The molecule has 2 unspecified atom stereocenters. The normalized spacial score (nSPS) is 16.7. The molecule has 0 aliphatic heterocycles. The van der Waals surface area contributed by atoms with Crippen LogP contribution in [-0.2, 0) is 9.09 Å². The molecule has 2 atom stereocenters. The van der Waals surface area contributed by atoms with E-state index >= 15 is 0 Å². The molecule has 1 rings (SSSR count). The minimum absolute atomic E-state index is 0.433. The standard InChI is InChI=1S/C10H13O3PS/c1-3-9(2)13-14(11,12)15-10-7-5-4-6-8-10/h3-9H,1H2,2H3,(H,11,12). The molecule has 0 spiro atoms. The summed E-state index contributed by atoms with van der Waals surface area (Å²) in [7, 11) is 0. The zero-order chi connectivity index (χ0) is 11.3. The maximum atomic E-state index is 11.6. The molecule has 1 N–H and O–H groups in total. The van der Waals surface area contributed by atoms with Crippen LogP contribution >= 0.6 is 18.2 Å². The second-order valence-electron chi connectivity index (χ2n) is 2.92. The fraction of sp³-hybridized carbons (Fsp3) is 0.200. The third-order valence-corrected chi connectivity index (χ3v) is 4.49. The summed E-state index contributed by atoms with van der Waals surface area (Å²) in [4.78, 5) is 10.2. The van der Waals surface area contributed by atoms with Gasteiger partial charge in [0.2, 0.25) is 0 Å². The Morgan fingerprint density at radius 3 is 2.67 bits per heavy atom. The summed E-state index contributed by atoms with van der Waals surface area (Å²) in [6.07, 6.45) is 1.05. The molecule has 0 amide bonds. The Morgan fingerprint density at radius 1 is 1.53 bits per heavy atom. The van der Waals surface area contributed by atoms with Crippen LogP contribution in [0.15, 0.2) is 47.9 Å². The van der Waals surface area contributed by atoms with Gasteiger partial charge in [0.25, 0.3) is 0 Å². The third-order valence-electron chi connectivity index (χ3n) is 1.60. The molecule has 0 aliphatic rings. The minimum Gasteiger partial charge on any atom is -0.316 e. The molecule has 0 fully saturated rings. The molecule has 3 nitrogen and oxygen atoms in total. The van der Waals surface area contributed by atoms with Gasteiger partial charge in [-0.05, 0) is 30.4 Å². The molecule has 0 aliphatic carbocycles. The first-order chi connectivity index (χ1) is 7.03. The molecule has 1 aromatic rings. The zero-order valence-electron chi connectivity index (χ0n) is 8.37. The average Bonchev–Trinajstić information content (AvgIpc) is 2.17. The van der Waals surface area contributed by atoms with Crippen LogP contribution in [0, 0.1) is 0 Å². The van der Waals surface area contributed by atoms with Gasteiger partial charge in [-0.1, -0.05) is 24.3 Å². The Bertz CT molecular complexity index is 366. The van der Waals surface area contributed by atoms with Crippen molar-refractivity contribution >= 4 is 18.2 Å². The Hall–Kier alpha value is -0.540. The van der Waals surface area contributed by atoms with E-state index < -0.39 is 12.9 Å². The molecular formula is C10H13O3PS. The Balaban J connectivity index is 2.64. The molecule has 0 heterocycles. The summed E-state index contributed by atoms with van der Waals surface area (Å²) in [6.45, 7) is 1.51. The van der Waals surface area contributed by atoms with Gasteiger partial charge in [0.05, 0.1) is 6.10 Å². The lowest BCUT2D eigenvalue weighted by Gasteiger charge is -2.14. The van der Waals surface area contributed by atoms with E-state index in [1.165, 1.54) is 6.08 Å². The van der Waals surface area contributed by atoms with Crippen LogP contribution in [-0.4, -0.2) is 11.0 Å². The molecule has 1 aromatic carbocycles. The number of benzene rings is 1. The largest absolute Gasteiger partial charge is 0.391 e. The number of rotatable bonds is 5. The third kappa shape index (κ3) is 4.67. The fourth-order valence-electron chi connectivity index (χ4n) is 0.889. The van der Waals surface area contributed by atoms with Gasteiger partial charge in [-0.3, -0.25) is 4.52 Å². The van der Waals surface area contributed by atoms with Crippen LogP contribution in [0.4, 0.5) is 0 Å². The molecule has 0 saturated heterocycles. The molecule has 5 heteroatoms. The second-order valence-corrected chi connectivity index (χ2v) is 6.65. The van der Waals surface area contributed by atoms with Gasteiger partial charge in [0.15, 0.2) is 0 Å². The quantitative estimate of drug-likeness (QED) is 0.636. The smallest absolute Gasteiger partial charge is 0.316 e. The fourth-order valence-corrected chi connectivity index (χ4v) is 3.68.